The molecule has 0 spiro atoms. The van der Waals surface area contributed by atoms with E-state index < -0.39 is 9.84 Å². The van der Waals surface area contributed by atoms with Gasteiger partial charge in [0.15, 0.2) is 21.3 Å². The van der Waals surface area contributed by atoms with Gasteiger partial charge in [0.1, 0.15) is 0 Å². The van der Waals surface area contributed by atoms with E-state index in [4.69, 9.17) is 0 Å². The molecule has 2 aliphatic heterocycles. The summed E-state index contributed by atoms with van der Waals surface area (Å²) in [6, 6.07) is 3.27. The Morgan fingerprint density at radius 2 is 1.92 bits per heavy atom. The molecule has 0 bridgehead atoms. The summed E-state index contributed by atoms with van der Waals surface area (Å²) in [6.45, 7) is 9.33. The van der Waals surface area contributed by atoms with Gasteiger partial charge in [0.25, 0.3) is 5.91 Å². The zero-order chi connectivity index (χ0) is 18.7. The summed E-state index contributed by atoms with van der Waals surface area (Å²) in [5, 5.41) is 8.36. The van der Waals surface area contributed by atoms with Gasteiger partial charge < -0.3 is 14.7 Å². The Balaban J connectivity index is 1.66. The molecule has 1 aromatic rings. The summed E-state index contributed by atoms with van der Waals surface area (Å²) >= 11 is 0. The maximum atomic E-state index is 12.8. The monoisotopic (exact) mass is 381 g/mol. The molecular weight excluding hydrogens is 354 g/mol. The van der Waals surface area contributed by atoms with E-state index in [1.54, 1.807) is 11.0 Å². The van der Waals surface area contributed by atoms with Crippen LogP contribution in [-0.2, 0) is 9.84 Å². The average Bonchev–Trinajstić information content (AvgIpc) is 3.02. The fourth-order valence-electron chi connectivity index (χ4n) is 3.64. The number of carbonyl (C=O) groups is 1. The van der Waals surface area contributed by atoms with E-state index in [1.807, 2.05) is 13.0 Å². The van der Waals surface area contributed by atoms with Crippen molar-refractivity contribution in [2.45, 2.75) is 26.3 Å². The second kappa shape index (κ2) is 7.87. The standard InChI is InChI=1S/C17H27N5O3S/c1-3-20-8-10-21(11-9-20)16-6-5-15(18-19-16)17(23)22(4-2)14-7-12-26(24,25)13-14/h5-6,14H,3-4,7-13H2,1-2H3. The van der Waals surface area contributed by atoms with Gasteiger partial charge in [-0.15, -0.1) is 10.2 Å². The van der Waals surface area contributed by atoms with Gasteiger partial charge in [0.2, 0.25) is 0 Å². The minimum atomic E-state index is -3.03. The molecule has 1 amide bonds. The number of amides is 1. The molecule has 0 saturated carbocycles. The molecule has 1 atom stereocenters. The molecule has 0 aliphatic carbocycles. The van der Waals surface area contributed by atoms with Crippen LogP contribution in [0.3, 0.4) is 0 Å². The van der Waals surface area contributed by atoms with Crippen LogP contribution in [-0.4, -0.2) is 91.1 Å². The van der Waals surface area contributed by atoms with E-state index in [9.17, 15) is 13.2 Å². The summed E-state index contributed by atoms with van der Waals surface area (Å²) < 4.78 is 23.4. The molecule has 2 saturated heterocycles. The number of hydrogen-bond donors (Lipinski definition) is 0. The second-order valence-electron chi connectivity index (χ2n) is 6.85. The number of piperazine rings is 1. The summed E-state index contributed by atoms with van der Waals surface area (Å²) in [4.78, 5) is 18.9. The van der Waals surface area contributed by atoms with Crippen molar-refractivity contribution in [3.8, 4) is 0 Å². The molecule has 3 heterocycles. The predicted molar refractivity (Wildman–Crippen MR) is 100 cm³/mol. The third kappa shape index (κ3) is 4.15. The Hall–Kier alpha value is -1.74. The zero-order valence-electron chi connectivity index (χ0n) is 15.5. The van der Waals surface area contributed by atoms with Gasteiger partial charge in [0, 0.05) is 38.8 Å². The number of carbonyl (C=O) groups excluding carboxylic acids is 1. The van der Waals surface area contributed by atoms with Crippen molar-refractivity contribution < 1.29 is 13.2 Å². The molecule has 8 nitrogen and oxygen atoms in total. The van der Waals surface area contributed by atoms with Crippen LogP contribution in [0.15, 0.2) is 12.1 Å². The van der Waals surface area contributed by atoms with Crippen molar-refractivity contribution in [1.29, 1.82) is 0 Å². The van der Waals surface area contributed by atoms with Crippen LogP contribution in [0.5, 0.6) is 0 Å². The van der Waals surface area contributed by atoms with Crippen molar-refractivity contribution >= 4 is 21.6 Å². The first-order valence-corrected chi connectivity index (χ1v) is 11.1. The van der Waals surface area contributed by atoms with Crippen LogP contribution in [0.2, 0.25) is 0 Å². The highest BCUT2D eigenvalue weighted by atomic mass is 32.2. The van der Waals surface area contributed by atoms with Crippen LogP contribution >= 0.6 is 0 Å². The van der Waals surface area contributed by atoms with Crippen molar-refractivity contribution in [3.63, 3.8) is 0 Å². The number of aromatic nitrogens is 2. The van der Waals surface area contributed by atoms with Crippen molar-refractivity contribution in [2.75, 3.05) is 55.7 Å². The van der Waals surface area contributed by atoms with Crippen LogP contribution in [0, 0.1) is 0 Å². The Kier molecular flexibility index (Phi) is 5.76. The maximum Gasteiger partial charge on any atom is 0.274 e. The molecule has 144 valence electrons. The lowest BCUT2D eigenvalue weighted by Gasteiger charge is -2.34. The lowest BCUT2D eigenvalue weighted by Crippen LogP contribution is -2.46. The predicted octanol–water partition coefficient (Wildman–Crippen LogP) is 0.268. The fourth-order valence-corrected chi connectivity index (χ4v) is 5.37. The van der Waals surface area contributed by atoms with Crippen molar-refractivity contribution in [2.24, 2.45) is 0 Å². The van der Waals surface area contributed by atoms with Gasteiger partial charge in [-0.1, -0.05) is 6.92 Å². The number of likely N-dealkylation sites (N-methyl/N-ethyl adjacent to an activating group) is 1. The number of rotatable bonds is 5. The largest absolute Gasteiger partial charge is 0.353 e. The van der Waals surface area contributed by atoms with E-state index in [0.717, 1.165) is 38.5 Å². The molecule has 1 unspecified atom stereocenters. The van der Waals surface area contributed by atoms with E-state index in [0.29, 0.717) is 13.0 Å². The molecular formula is C17H27N5O3S. The third-order valence-electron chi connectivity index (χ3n) is 5.26. The lowest BCUT2D eigenvalue weighted by molar-refractivity contribution is 0.0701. The topological polar surface area (TPSA) is 86.7 Å². The summed E-state index contributed by atoms with van der Waals surface area (Å²) in [5.41, 5.74) is 0.270. The van der Waals surface area contributed by atoms with E-state index in [1.165, 1.54) is 0 Å². The second-order valence-corrected chi connectivity index (χ2v) is 9.07. The van der Waals surface area contributed by atoms with Gasteiger partial charge in [-0.2, -0.15) is 0 Å². The van der Waals surface area contributed by atoms with Gasteiger partial charge in [0.05, 0.1) is 11.5 Å². The highest BCUT2D eigenvalue weighted by molar-refractivity contribution is 7.91. The quantitative estimate of drug-likeness (QED) is 0.723. The number of anilines is 1. The van der Waals surface area contributed by atoms with Gasteiger partial charge in [-0.25, -0.2) is 8.42 Å². The van der Waals surface area contributed by atoms with Crippen LogP contribution < -0.4 is 4.90 Å². The summed E-state index contributed by atoms with van der Waals surface area (Å²) in [6.07, 6.45) is 0.495. The Morgan fingerprint density at radius 3 is 2.42 bits per heavy atom. The van der Waals surface area contributed by atoms with Crippen LogP contribution in [0.25, 0.3) is 0 Å². The molecule has 2 fully saturated rings. The summed E-state index contributed by atoms with van der Waals surface area (Å²) in [7, 11) is -3.03. The smallest absolute Gasteiger partial charge is 0.274 e. The van der Waals surface area contributed by atoms with Crippen molar-refractivity contribution in [3.05, 3.63) is 17.8 Å². The van der Waals surface area contributed by atoms with Gasteiger partial charge >= 0.3 is 0 Å². The molecule has 9 heteroatoms. The molecule has 0 N–H and O–H groups in total. The highest BCUT2D eigenvalue weighted by Crippen LogP contribution is 2.20. The molecule has 3 rings (SSSR count). The molecule has 2 aliphatic rings. The Morgan fingerprint density at radius 1 is 1.19 bits per heavy atom. The first kappa shape index (κ1) is 19.0. The molecule has 26 heavy (non-hydrogen) atoms. The minimum absolute atomic E-state index is 0.0415. The minimum Gasteiger partial charge on any atom is -0.353 e. The fraction of sp³-hybridized carbons (Fsp3) is 0.706. The number of nitrogens with zero attached hydrogens (tertiary/aromatic N) is 5. The maximum absolute atomic E-state index is 12.8. The van der Waals surface area contributed by atoms with Crippen molar-refractivity contribution in [1.82, 2.24) is 20.0 Å². The average molecular weight is 382 g/mol. The molecule has 1 aromatic heterocycles. The van der Waals surface area contributed by atoms with Gasteiger partial charge in [-0.3, -0.25) is 4.79 Å². The van der Waals surface area contributed by atoms with Crippen LogP contribution in [0.4, 0.5) is 5.82 Å². The SMILES string of the molecule is CCN1CCN(c2ccc(C(=O)N(CC)C3CCS(=O)(=O)C3)nn2)CC1. The first-order valence-electron chi connectivity index (χ1n) is 9.26. The normalized spacial score (nSPS) is 23.2. The number of sulfone groups is 1. The zero-order valence-corrected chi connectivity index (χ0v) is 16.3. The summed E-state index contributed by atoms with van der Waals surface area (Å²) in [5.74, 6) is 0.725. The van der Waals surface area contributed by atoms with E-state index in [-0.39, 0.29) is 29.1 Å². The highest BCUT2D eigenvalue weighted by Gasteiger charge is 2.34. The van der Waals surface area contributed by atoms with E-state index in [2.05, 4.69) is 26.9 Å². The third-order valence-corrected chi connectivity index (χ3v) is 7.01. The number of hydrogen-bond acceptors (Lipinski definition) is 7. The van der Waals surface area contributed by atoms with E-state index >= 15 is 0 Å². The Labute approximate surface area is 155 Å². The Bertz CT molecular complexity index is 729. The van der Waals surface area contributed by atoms with Gasteiger partial charge in [-0.05, 0) is 32.0 Å². The first-order chi connectivity index (χ1) is 12.4. The van der Waals surface area contributed by atoms with Crippen LogP contribution in [0.1, 0.15) is 30.8 Å². The molecule has 0 radical (unpaired) electrons. The lowest BCUT2D eigenvalue weighted by atomic mass is 10.2. The molecule has 0 aromatic carbocycles.